The molecule has 4 rings (SSSR count). The van der Waals surface area contributed by atoms with Crippen LogP contribution in [-0.2, 0) is 5.54 Å². The molecule has 3 atom stereocenters. The van der Waals surface area contributed by atoms with Crippen molar-refractivity contribution in [2.75, 3.05) is 12.8 Å². The van der Waals surface area contributed by atoms with Gasteiger partial charge in [-0.15, -0.1) is 0 Å². The van der Waals surface area contributed by atoms with E-state index in [-0.39, 0.29) is 23.6 Å². The van der Waals surface area contributed by atoms with Crippen molar-refractivity contribution in [2.24, 2.45) is 10.7 Å². The third kappa shape index (κ3) is 4.71. The van der Waals surface area contributed by atoms with Gasteiger partial charge in [-0.25, -0.2) is 4.98 Å². The topological polar surface area (TPSA) is 80.8 Å². The molecule has 2 unspecified atom stereocenters. The normalized spacial score (nSPS) is 23.1. The highest BCUT2D eigenvalue weighted by Crippen LogP contribution is 2.48. The number of aliphatic imine (C=N–C) groups is 1. The fourth-order valence-electron chi connectivity index (χ4n) is 4.05. The lowest BCUT2D eigenvalue weighted by Gasteiger charge is -2.38. The van der Waals surface area contributed by atoms with Crippen LogP contribution < -0.4 is 10.5 Å². The van der Waals surface area contributed by atoms with Crippen LogP contribution in [0.2, 0.25) is 5.02 Å². The number of hydrogen-bond donors (Lipinski definition) is 1. The minimum atomic E-state index is -0.352. The maximum Gasteiger partial charge on any atom is 0.272 e. The molecule has 3 heterocycles. The second-order valence-corrected chi connectivity index (χ2v) is 10.4. The highest BCUT2D eigenvalue weighted by molar-refractivity contribution is 9.10. The lowest BCUT2D eigenvalue weighted by molar-refractivity contribution is 0.0698. The molecular weight excluding hydrogens is 500 g/mol. The van der Waals surface area contributed by atoms with Crippen LogP contribution in [-0.4, -0.2) is 45.9 Å². The number of fused-ring (bicyclic) bond motifs is 2. The fraction of sp³-hybridized carbons (Fsp3) is 0.409. The lowest BCUT2D eigenvalue weighted by atomic mass is 9.82. The Kier molecular flexibility index (Phi) is 6.51. The molecule has 0 radical (unpaired) electrons. The number of aromatic nitrogens is 1. The molecule has 1 amide bonds. The maximum atomic E-state index is 12.7. The third-order valence-electron chi connectivity index (χ3n) is 5.92. The van der Waals surface area contributed by atoms with Crippen LogP contribution in [0.3, 0.4) is 0 Å². The van der Waals surface area contributed by atoms with Gasteiger partial charge in [0.2, 0.25) is 0 Å². The minimum absolute atomic E-state index is 0.00327. The molecule has 164 valence electrons. The number of nitrogens with two attached hydrogens (primary N) is 1. The number of ether oxygens (including phenoxy) is 1. The summed E-state index contributed by atoms with van der Waals surface area (Å²) in [5.41, 5.74) is 7.16. The second kappa shape index (κ2) is 9.00. The molecule has 1 spiro atoms. The standard InChI is InChI=1S/C22H24BrClN4O2S/c1-13(28(2)20(29)18-7-5-15(24)11-26-18)3-6-16-10-22(12-31-21(25)27-22)17-9-14(23)4-8-19(17)30-16/h4-5,7-9,11,13,16H,3,6,10,12H2,1-2H3,(H2,25,27)/t13?,16-,22?/m0/s1. The summed E-state index contributed by atoms with van der Waals surface area (Å²) in [6.45, 7) is 2.04. The number of hydrogen-bond acceptors (Lipinski definition) is 6. The number of amidine groups is 1. The Bertz CT molecular complexity index is 1020. The molecule has 2 aliphatic heterocycles. The number of benzene rings is 1. The van der Waals surface area contributed by atoms with E-state index in [9.17, 15) is 4.79 Å². The SMILES string of the molecule is CC(CC[C@H]1CC2(CSC(N)=N2)c2cc(Br)ccc2O1)N(C)C(=O)c1ccc(Cl)cn1. The van der Waals surface area contributed by atoms with Crippen LogP contribution in [0.15, 0.2) is 46.0 Å². The van der Waals surface area contributed by atoms with Gasteiger partial charge in [0.05, 0.1) is 5.02 Å². The quantitative estimate of drug-likeness (QED) is 0.606. The van der Waals surface area contributed by atoms with Crippen LogP contribution in [0.5, 0.6) is 5.75 Å². The first-order valence-corrected chi connectivity index (χ1v) is 12.3. The van der Waals surface area contributed by atoms with Gasteiger partial charge in [0.25, 0.3) is 5.91 Å². The van der Waals surface area contributed by atoms with Crippen molar-refractivity contribution in [3.63, 3.8) is 0 Å². The number of rotatable bonds is 5. The molecule has 1 aromatic carbocycles. The smallest absolute Gasteiger partial charge is 0.272 e. The summed E-state index contributed by atoms with van der Waals surface area (Å²) in [5, 5.41) is 1.14. The van der Waals surface area contributed by atoms with Gasteiger partial charge < -0.3 is 15.4 Å². The Hall–Kier alpha value is -1.77. The van der Waals surface area contributed by atoms with E-state index in [0.717, 1.165) is 40.8 Å². The molecule has 9 heteroatoms. The number of carbonyl (C=O) groups excluding carboxylic acids is 1. The minimum Gasteiger partial charge on any atom is -0.490 e. The van der Waals surface area contributed by atoms with Crippen molar-refractivity contribution < 1.29 is 9.53 Å². The lowest BCUT2D eigenvalue weighted by Crippen LogP contribution is -2.40. The number of thioether (sulfide) groups is 1. The molecule has 2 aliphatic rings. The summed E-state index contributed by atoms with van der Waals surface area (Å²) in [6, 6.07) is 9.42. The van der Waals surface area contributed by atoms with Gasteiger partial charge in [0.15, 0.2) is 5.17 Å². The molecule has 0 saturated carbocycles. The van der Waals surface area contributed by atoms with Gasteiger partial charge in [-0.1, -0.05) is 39.3 Å². The number of carbonyl (C=O) groups is 1. The second-order valence-electron chi connectivity index (χ2n) is 8.06. The summed E-state index contributed by atoms with van der Waals surface area (Å²) >= 11 is 11.0. The molecular formula is C22H24BrClN4O2S. The molecule has 0 fully saturated rings. The Labute approximate surface area is 199 Å². The van der Waals surface area contributed by atoms with E-state index in [2.05, 4.69) is 27.0 Å². The molecule has 6 nitrogen and oxygen atoms in total. The summed E-state index contributed by atoms with van der Waals surface area (Å²) in [5.74, 6) is 1.56. The van der Waals surface area contributed by atoms with Gasteiger partial charge in [0.1, 0.15) is 23.1 Å². The van der Waals surface area contributed by atoms with Crippen LogP contribution in [0.25, 0.3) is 0 Å². The predicted octanol–water partition coefficient (Wildman–Crippen LogP) is 4.85. The first-order valence-electron chi connectivity index (χ1n) is 10.1. The van der Waals surface area contributed by atoms with E-state index < -0.39 is 0 Å². The van der Waals surface area contributed by atoms with Crippen molar-refractivity contribution in [1.82, 2.24) is 9.88 Å². The monoisotopic (exact) mass is 522 g/mol. The summed E-state index contributed by atoms with van der Waals surface area (Å²) < 4.78 is 7.33. The van der Waals surface area contributed by atoms with Gasteiger partial charge in [-0.05, 0) is 50.1 Å². The van der Waals surface area contributed by atoms with E-state index >= 15 is 0 Å². The summed E-state index contributed by atoms with van der Waals surface area (Å²) in [6.07, 6.45) is 3.87. The largest absolute Gasteiger partial charge is 0.490 e. The first kappa shape index (κ1) is 22.4. The van der Waals surface area contributed by atoms with E-state index in [4.69, 9.17) is 27.1 Å². The van der Waals surface area contributed by atoms with Gasteiger partial charge in [-0.2, -0.15) is 0 Å². The number of halogens is 2. The zero-order valence-electron chi connectivity index (χ0n) is 17.3. The Morgan fingerprint density at radius 2 is 2.26 bits per heavy atom. The highest BCUT2D eigenvalue weighted by atomic mass is 79.9. The molecule has 1 aromatic heterocycles. The van der Waals surface area contributed by atoms with Crippen LogP contribution in [0.1, 0.15) is 42.2 Å². The molecule has 2 aromatic rings. The Morgan fingerprint density at radius 3 is 2.94 bits per heavy atom. The zero-order valence-corrected chi connectivity index (χ0v) is 20.5. The van der Waals surface area contributed by atoms with Crippen LogP contribution in [0, 0.1) is 0 Å². The van der Waals surface area contributed by atoms with Crippen LogP contribution in [0.4, 0.5) is 0 Å². The van der Waals surface area contributed by atoms with Gasteiger partial charge in [-0.3, -0.25) is 9.79 Å². The van der Waals surface area contributed by atoms with Crippen molar-refractivity contribution in [1.29, 1.82) is 0 Å². The summed E-state index contributed by atoms with van der Waals surface area (Å²) in [7, 11) is 1.80. The highest BCUT2D eigenvalue weighted by Gasteiger charge is 2.45. The van der Waals surface area contributed by atoms with Gasteiger partial charge in [0, 0.05) is 41.5 Å². The molecule has 31 heavy (non-hydrogen) atoms. The van der Waals surface area contributed by atoms with Crippen molar-refractivity contribution in [3.8, 4) is 5.75 Å². The molecule has 0 aliphatic carbocycles. The van der Waals surface area contributed by atoms with Crippen molar-refractivity contribution >= 4 is 50.4 Å². The van der Waals surface area contributed by atoms with Crippen LogP contribution >= 0.6 is 39.3 Å². The first-order chi connectivity index (χ1) is 14.8. The van der Waals surface area contributed by atoms with E-state index in [1.807, 2.05) is 19.1 Å². The Morgan fingerprint density at radius 1 is 1.45 bits per heavy atom. The average molecular weight is 524 g/mol. The fourth-order valence-corrected chi connectivity index (χ4v) is 5.49. The number of pyridine rings is 1. The maximum absolute atomic E-state index is 12.7. The number of amides is 1. The van der Waals surface area contributed by atoms with E-state index in [1.165, 1.54) is 6.20 Å². The molecule has 2 N–H and O–H groups in total. The van der Waals surface area contributed by atoms with E-state index in [0.29, 0.717) is 15.9 Å². The predicted molar refractivity (Wildman–Crippen MR) is 129 cm³/mol. The molecule has 0 saturated heterocycles. The Balaban J connectivity index is 1.44. The molecule has 0 bridgehead atoms. The number of nitrogens with zero attached hydrogens (tertiary/aromatic N) is 3. The average Bonchev–Trinajstić information content (AvgIpc) is 3.12. The van der Waals surface area contributed by atoms with Crippen molar-refractivity contribution in [3.05, 3.63) is 57.3 Å². The van der Waals surface area contributed by atoms with Gasteiger partial charge >= 0.3 is 0 Å². The third-order valence-corrected chi connectivity index (χ3v) is 7.65. The van der Waals surface area contributed by atoms with Crippen molar-refractivity contribution in [2.45, 2.75) is 43.9 Å². The zero-order chi connectivity index (χ0) is 22.2. The van der Waals surface area contributed by atoms with E-state index in [1.54, 1.807) is 35.8 Å². The summed E-state index contributed by atoms with van der Waals surface area (Å²) in [4.78, 5) is 23.4.